The fourth-order valence-electron chi connectivity index (χ4n) is 0.776. The van der Waals surface area contributed by atoms with Gasteiger partial charge in [-0.2, -0.15) is 0 Å². The van der Waals surface area contributed by atoms with Crippen LogP contribution in [0.2, 0.25) is 0 Å². The van der Waals surface area contributed by atoms with Gasteiger partial charge in [-0.3, -0.25) is 4.79 Å². The summed E-state index contributed by atoms with van der Waals surface area (Å²) in [5, 5.41) is 10.5. The maximum Gasteiger partial charge on any atom is 0.316 e. The van der Waals surface area contributed by atoms with Gasteiger partial charge in [0.1, 0.15) is 0 Å². The van der Waals surface area contributed by atoms with Crippen molar-refractivity contribution in [3.8, 4) is 11.5 Å². The minimum atomic E-state index is -0.475. The molecule has 1 aromatic rings. The predicted octanol–water partition coefficient (Wildman–Crippen LogP) is 1.69. The van der Waals surface area contributed by atoms with Gasteiger partial charge >= 0.3 is 5.97 Å². The van der Waals surface area contributed by atoms with Gasteiger partial charge in [-0.15, -0.1) is 0 Å². The Morgan fingerprint density at radius 1 is 1.54 bits per heavy atom. The summed E-state index contributed by atoms with van der Waals surface area (Å²) in [5.74, 6) is -0.374. The van der Waals surface area contributed by atoms with E-state index in [1.54, 1.807) is 12.1 Å². The molecular weight excluding hydrogens is 188 g/mol. The second kappa shape index (κ2) is 4.57. The molecule has 0 heterocycles. The SMILES string of the molecule is O=C(CC=S)Oc1ccccc1O. The zero-order valence-electron chi connectivity index (χ0n) is 6.77. The average Bonchev–Trinajstić information content (AvgIpc) is 2.09. The highest BCUT2D eigenvalue weighted by Gasteiger charge is 2.05. The number of carbonyl (C=O) groups is 1. The highest BCUT2D eigenvalue weighted by Crippen LogP contribution is 2.24. The van der Waals surface area contributed by atoms with E-state index in [1.807, 2.05) is 0 Å². The number of esters is 1. The number of hydrogen-bond acceptors (Lipinski definition) is 4. The van der Waals surface area contributed by atoms with E-state index in [2.05, 4.69) is 12.2 Å². The largest absolute Gasteiger partial charge is 0.504 e. The van der Waals surface area contributed by atoms with Crippen LogP contribution >= 0.6 is 12.2 Å². The lowest BCUT2D eigenvalue weighted by Gasteiger charge is -2.03. The minimum absolute atomic E-state index is 0.0554. The van der Waals surface area contributed by atoms with Crippen LogP contribution in [0.1, 0.15) is 6.42 Å². The number of ether oxygens (including phenoxy) is 1. The third-order valence-electron chi connectivity index (χ3n) is 1.34. The van der Waals surface area contributed by atoms with E-state index < -0.39 is 5.97 Å². The van der Waals surface area contributed by atoms with Crippen molar-refractivity contribution < 1.29 is 14.6 Å². The smallest absolute Gasteiger partial charge is 0.316 e. The molecule has 0 radical (unpaired) electrons. The number of thiocarbonyl (C=S) groups is 1. The van der Waals surface area contributed by atoms with Crippen molar-refractivity contribution in [2.24, 2.45) is 0 Å². The number of benzene rings is 1. The summed E-state index contributed by atoms with van der Waals surface area (Å²) in [5.41, 5.74) is 0. The number of phenols is 1. The molecular formula is C9H8O3S. The van der Waals surface area contributed by atoms with Crippen LogP contribution in [0.15, 0.2) is 24.3 Å². The number of carbonyl (C=O) groups excluding carboxylic acids is 1. The standard InChI is InChI=1S/C9H8O3S/c10-7-3-1-2-4-8(7)12-9(11)5-6-13/h1-4,6,10H,5H2. The average molecular weight is 196 g/mol. The van der Waals surface area contributed by atoms with Crippen molar-refractivity contribution in [2.45, 2.75) is 6.42 Å². The lowest BCUT2D eigenvalue weighted by atomic mass is 10.3. The van der Waals surface area contributed by atoms with Gasteiger partial charge in [-0.05, 0) is 17.5 Å². The van der Waals surface area contributed by atoms with Crippen LogP contribution in [-0.4, -0.2) is 16.4 Å². The predicted molar refractivity (Wildman–Crippen MR) is 52.0 cm³/mol. The molecule has 13 heavy (non-hydrogen) atoms. The Morgan fingerprint density at radius 3 is 2.85 bits per heavy atom. The van der Waals surface area contributed by atoms with E-state index in [1.165, 1.54) is 17.5 Å². The molecule has 0 aliphatic heterocycles. The second-order valence-corrected chi connectivity index (χ2v) is 2.65. The molecule has 1 rings (SSSR count). The van der Waals surface area contributed by atoms with Crippen LogP contribution in [-0.2, 0) is 4.79 Å². The zero-order chi connectivity index (χ0) is 9.68. The first kappa shape index (κ1) is 9.67. The highest BCUT2D eigenvalue weighted by molar-refractivity contribution is 7.79. The Labute approximate surface area is 81.0 Å². The van der Waals surface area contributed by atoms with E-state index in [4.69, 9.17) is 4.74 Å². The van der Waals surface area contributed by atoms with Crippen molar-refractivity contribution >= 4 is 23.6 Å². The third kappa shape index (κ3) is 2.83. The normalized spacial score (nSPS) is 9.23. The first-order valence-electron chi connectivity index (χ1n) is 3.66. The summed E-state index contributed by atoms with van der Waals surface area (Å²) in [7, 11) is 0. The second-order valence-electron chi connectivity index (χ2n) is 2.31. The Hall–Kier alpha value is -1.42. The molecule has 3 nitrogen and oxygen atoms in total. The summed E-state index contributed by atoms with van der Waals surface area (Å²) >= 11 is 4.49. The molecule has 1 aromatic carbocycles. The molecule has 68 valence electrons. The van der Waals surface area contributed by atoms with E-state index in [0.29, 0.717) is 0 Å². The Balaban J connectivity index is 2.68. The molecule has 0 unspecified atom stereocenters. The van der Waals surface area contributed by atoms with Crippen LogP contribution in [0.25, 0.3) is 0 Å². The summed E-state index contributed by atoms with van der Waals surface area (Å²) in [6.45, 7) is 0. The summed E-state index contributed by atoms with van der Waals surface area (Å²) < 4.78 is 4.80. The number of rotatable bonds is 3. The van der Waals surface area contributed by atoms with Gasteiger partial charge in [0, 0.05) is 0 Å². The summed E-state index contributed by atoms with van der Waals surface area (Å²) in [4.78, 5) is 10.9. The van der Waals surface area contributed by atoms with E-state index >= 15 is 0 Å². The van der Waals surface area contributed by atoms with Crippen LogP contribution in [0, 0.1) is 0 Å². The zero-order valence-corrected chi connectivity index (χ0v) is 7.58. The molecule has 0 bridgehead atoms. The summed E-state index contributed by atoms with van der Waals surface area (Å²) in [6, 6.07) is 6.27. The first-order chi connectivity index (χ1) is 6.24. The molecule has 1 N–H and O–H groups in total. The van der Waals surface area contributed by atoms with Crippen molar-refractivity contribution in [2.75, 3.05) is 0 Å². The molecule has 4 heteroatoms. The van der Waals surface area contributed by atoms with Gasteiger partial charge in [0.05, 0.1) is 6.42 Å². The van der Waals surface area contributed by atoms with Crippen LogP contribution in [0.4, 0.5) is 0 Å². The van der Waals surface area contributed by atoms with Crippen LogP contribution in [0.5, 0.6) is 11.5 Å². The molecule has 0 saturated carbocycles. The maximum absolute atomic E-state index is 10.9. The number of para-hydroxylation sites is 2. The Kier molecular flexibility index (Phi) is 3.40. The van der Waals surface area contributed by atoms with Crippen molar-refractivity contribution in [3.05, 3.63) is 24.3 Å². The van der Waals surface area contributed by atoms with Crippen molar-refractivity contribution in [3.63, 3.8) is 0 Å². The van der Waals surface area contributed by atoms with E-state index in [-0.39, 0.29) is 17.9 Å². The monoisotopic (exact) mass is 196 g/mol. The number of aromatic hydroxyl groups is 1. The topological polar surface area (TPSA) is 46.5 Å². The molecule has 0 saturated heterocycles. The van der Waals surface area contributed by atoms with Gasteiger partial charge in [0.15, 0.2) is 11.5 Å². The maximum atomic E-state index is 10.9. The summed E-state index contributed by atoms with van der Waals surface area (Å²) in [6.07, 6.45) is 0.0592. The minimum Gasteiger partial charge on any atom is -0.504 e. The van der Waals surface area contributed by atoms with Gasteiger partial charge in [-0.25, -0.2) is 0 Å². The molecule has 0 atom stereocenters. The molecule has 0 fully saturated rings. The Bertz CT molecular complexity index is 322. The van der Waals surface area contributed by atoms with Crippen LogP contribution in [0.3, 0.4) is 0 Å². The fraction of sp³-hybridized carbons (Fsp3) is 0.111. The first-order valence-corrected chi connectivity index (χ1v) is 4.13. The lowest BCUT2D eigenvalue weighted by molar-refractivity contribution is -0.133. The molecule has 0 aromatic heterocycles. The van der Waals surface area contributed by atoms with Crippen molar-refractivity contribution in [1.29, 1.82) is 0 Å². The fourth-order valence-corrected chi connectivity index (χ4v) is 0.912. The molecule has 0 aliphatic carbocycles. The van der Waals surface area contributed by atoms with Gasteiger partial charge < -0.3 is 9.84 Å². The Morgan fingerprint density at radius 2 is 2.23 bits per heavy atom. The number of hydrogen-bond donors (Lipinski definition) is 1. The van der Waals surface area contributed by atoms with E-state index in [9.17, 15) is 9.90 Å². The van der Waals surface area contributed by atoms with Gasteiger partial charge in [0.25, 0.3) is 0 Å². The lowest BCUT2D eigenvalue weighted by Crippen LogP contribution is -2.07. The van der Waals surface area contributed by atoms with Gasteiger partial charge in [-0.1, -0.05) is 24.4 Å². The quantitative estimate of drug-likeness (QED) is 0.454. The molecule has 0 amide bonds. The van der Waals surface area contributed by atoms with Gasteiger partial charge in [0.2, 0.25) is 0 Å². The highest BCUT2D eigenvalue weighted by atomic mass is 32.1. The third-order valence-corrected chi connectivity index (χ3v) is 1.51. The number of phenolic OH excluding ortho intramolecular Hbond substituents is 1. The van der Waals surface area contributed by atoms with Crippen molar-refractivity contribution in [1.82, 2.24) is 0 Å². The van der Waals surface area contributed by atoms with Crippen LogP contribution < -0.4 is 4.74 Å². The molecule has 0 spiro atoms. The molecule has 0 aliphatic rings. The van der Waals surface area contributed by atoms with E-state index in [0.717, 1.165) is 0 Å².